The Kier molecular flexibility index (Phi) is 8.53. The maximum atomic E-state index is 6.41. The summed E-state index contributed by atoms with van der Waals surface area (Å²) in [7, 11) is 0. The standard InChI is InChI=1S/C60H39NO/c1-2-11-40(12-3-1)42-25-32-47(33-26-42)61(49-36-29-45(30-37-49)50-18-10-19-57-56-17-8-9-20-59(56)62-60(50)57)48-34-27-43(28-35-48)41-21-23-44(24-22-41)46-31-38-55-53-15-5-4-13-51(53)52-14-6-7-16-54(52)58(55)39-46/h1-39H. The Labute approximate surface area is 360 Å². The van der Waals surface area contributed by atoms with E-state index in [0.717, 1.165) is 50.1 Å². The molecule has 0 radical (unpaired) electrons. The molecule has 1 heterocycles. The molecule has 0 spiro atoms. The van der Waals surface area contributed by atoms with Gasteiger partial charge in [-0.05, 0) is 120 Å². The van der Waals surface area contributed by atoms with Gasteiger partial charge in [0.2, 0.25) is 0 Å². The van der Waals surface area contributed by atoms with Gasteiger partial charge in [0.05, 0.1) is 0 Å². The van der Waals surface area contributed by atoms with Crippen LogP contribution >= 0.6 is 0 Å². The van der Waals surface area contributed by atoms with Crippen molar-refractivity contribution in [1.29, 1.82) is 0 Å². The molecular formula is C60H39NO. The lowest BCUT2D eigenvalue weighted by Gasteiger charge is -2.26. The molecule has 2 heteroatoms. The van der Waals surface area contributed by atoms with E-state index in [1.54, 1.807) is 0 Å². The van der Waals surface area contributed by atoms with Gasteiger partial charge in [0.15, 0.2) is 0 Å². The molecule has 0 saturated heterocycles. The summed E-state index contributed by atoms with van der Waals surface area (Å²) in [6, 6.07) is 85.3. The van der Waals surface area contributed by atoms with Crippen LogP contribution in [0.5, 0.6) is 0 Å². The summed E-state index contributed by atoms with van der Waals surface area (Å²) >= 11 is 0. The Morgan fingerprint density at radius 2 is 0.629 bits per heavy atom. The van der Waals surface area contributed by atoms with E-state index in [2.05, 4.69) is 229 Å². The minimum atomic E-state index is 0.906. The lowest BCUT2D eigenvalue weighted by atomic mass is 9.92. The van der Waals surface area contributed by atoms with Crippen molar-refractivity contribution < 1.29 is 4.42 Å². The molecule has 0 aliphatic heterocycles. The molecule has 0 amide bonds. The van der Waals surface area contributed by atoms with Crippen LogP contribution in [0.15, 0.2) is 241 Å². The van der Waals surface area contributed by atoms with E-state index in [9.17, 15) is 0 Å². The van der Waals surface area contributed by atoms with Crippen LogP contribution in [-0.4, -0.2) is 0 Å². The minimum Gasteiger partial charge on any atom is -0.455 e. The maximum absolute atomic E-state index is 6.41. The van der Waals surface area contributed by atoms with Gasteiger partial charge in [0.1, 0.15) is 11.2 Å². The highest BCUT2D eigenvalue weighted by Gasteiger charge is 2.17. The zero-order valence-electron chi connectivity index (χ0n) is 33.9. The third kappa shape index (κ3) is 6.12. The van der Waals surface area contributed by atoms with Crippen molar-refractivity contribution in [3.63, 3.8) is 0 Å². The topological polar surface area (TPSA) is 16.4 Å². The fraction of sp³-hybridized carbons (Fsp3) is 0. The van der Waals surface area contributed by atoms with Crippen molar-refractivity contribution in [2.75, 3.05) is 4.90 Å². The van der Waals surface area contributed by atoms with Crippen molar-refractivity contribution in [1.82, 2.24) is 0 Å². The first kappa shape index (κ1) is 35.7. The number of rotatable bonds is 7. The molecule has 0 atom stereocenters. The number of anilines is 3. The molecule has 2 nitrogen and oxygen atoms in total. The van der Waals surface area contributed by atoms with Gasteiger partial charge < -0.3 is 9.32 Å². The fourth-order valence-corrected chi connectivity index (χ4v) is 9.39. The van der Waals surface area contributed by atoms with Crippen LogP contribution in [0.3, 0.4) is 0 Å². The van der Waals surface area contributed by atoms with Gasteiger partial charge in [0.25, 0.3) is 0 Å². The first-order chi connectivity index (χ1) is 30.7. The van der Waals surface area contributed by atoms with Crippen LogP contribution < -0.4 is 4.90 Å². The molecule has 0 bridgehead atoms. The van der Waals surface area contributed by atoms with E-state index >= 15 is 0 Å². The molecule has 12 rings (SSSR count). The van der Waals surface area contributed by atoms with E-state index < -0.39 is 0 Å². The van der Waals surface area contributed by atoms with Crippen LogP contribution in [0.2, 0.25) is 0 Å². The highest BCUT2D eigenvalue weighted by Crippen LogP contribution is 2.41. The van der Waals surface area contributed by atoms with Gasteiger partial charge >= 0.3 is 0 Å². The van der Waals surface area contributed by atoms with E-state index in [0.29, 0.717) is 0 Å². The summed E-state index contributed by atoms with van der Waals surface area (Å²) in [5.41, 5.74) is 14.4. The van der Waals surface area contributed by atoms with Gasteiger partial charge in [-0.25, -0.2) is 0 Å². The number of para-hydroxylation sites is 2. The Bertz CT molecular complexity index is 3550. The lowest BCUT2D eigenvalue weighted by molar-refractivity contribution is 0.670. The molecule has 0 unspecified atom stereocenters. The molecule has 12 aromatic rings. The average molecular weight is 790 g/mol. The van der Waals surface area contributed by atoms with Crippen molar-refractivity contribution >= 4 is 71.3 Å². The normalized spacial score (nSPS) is 11.5. The summed E-state index contributed by atoms with van der Waals surface area (Å²) in [4.78, 5) is 2.33. The SMILES string of the molecule is c1ccc(-c2ccc(N(c3ccc(-c4ccc(-c5ccc6c7ccccc7c7ccccc7c6c5)cc4)cc3)c3ccc(-c4cccc5c4oc4ccccc45)cc3)cc2)cc1. The summed E-state index contributed by atoms with van der Waals surface area (Å²) in [5.74, 6) is 0. The Hall–Kier alpha value is -8.20. The van der Waals surface area contributed by atoms with Crippen molar-refractivity contribution in [3.8, 4) is 44.5 Å². The Morgan fingerprint density at radius 3 is 1.19 bits per heavy atom. The number of hydrogen-bond acceptors (Lipinski definition) is 2. The second-order valence-electron chi connectivity index (χ2n) is 16.1. The monoisotopic (exact) mass is 789 g/mol. The minimum absolute atomic E-state index is 0.906. The van der Waals surface area contributed by atoms with Crippen LogP contribution in [-0.2, 0) is 0 Å². The molecule has 0 aliphatic carbocycles. The number of fused-ring (bicyclic) bond motifs is 9. The van der Waals surface area contributed by atoms with Gasteiger partial charge in [-0.3, -0.25) is 0 Å². The van der Waals surface area contributed by atoms with Crippen LogP contribution in [0, 0.1) is 0 Å². The summed E-state index contributed by atoms with van der Waals surface area (Å²) in [6.07, 6.45) is 0. The first-order valence-corrected chi connectivity index (χ1v) is 21.2. The van der Waals surface area contributed by atoms with Crippen molar-refractivity contribution in [2.24, 2.45) is 0 Å². The van der Waals surface area contributed by atoms with Crippen LogP contribution in [0.25, 0.3) is 98.8 Å². The highest BCUT2D eigenvalue weighted by atomic mass is 16.3. The fourth-order valence-electron chi connectivity index (χ4n) is 9.39. The van der Waals surface area contributed by atoms with Gasteiger partial charge in [0, 0.05) is 33.4 Å². The third-order valence-corrected chi connectivity index (χ3v) is 12.5. The summed E-state index contributed by atoms with van der Waals surface area (Å²) in [5, 5.41) is 10.0. The molecule has 0 fully saturated rings. The second kappa shape index (κ2) is 14.8. The Balaban J connectivity index is 0.878. The van der Waals surface area contributed by atoms with Crippen LogP contribution in [0.4, 0.5) is 17.1 Å². The summed E-state index contributed by atoms with van der Waals surface area (Å²) in [6.45, 7) is 0. The number of benzene rings is 11. The van der Waals surface area contributed by atoms with Gasteiger partial charge in [-0.2, -0.15) is 0 Å². The largest absolute Gasteiger partial charge is 0.455 e. The number of furan rings is 1. The van der Waals surface area contributed by atoms with Crippen molar-refractivity contribution in [2.45, 2.75) is 0 Å². The maximum Gasteiger partial charge on any atom is 0.143 e. The predicted octanol–water partition coefficient (Wildman–Crippen LogP) is 17.2. The zero-order valence-corrected chi connectivity index (χ0v) is 33.9. The van der Waals surface area contributed by atoms with E-state index in [1.165, 1.54) is 65.7 Å². The molecule has 1 aromatic heterocycles. The van der Waals surface area contributed by atoms with E-state index in [1.807, 2.05) is 12.1 Å². The average Bonchev–Trinajstić information content (AvgIpc) is 3.74. The molecule has 0 N–H and O–H groups in total. The van der Waals surface area contributed by atoms with Gasteiger partial charge in [-0.15, -0.1) is 0 Å². The van der Waals surface area contributed by atoms with Crippen molar-refractivity contribution in [3.05, 3.63) is 237 Å². The molecule has 290 valence electrons. The third-order valence-electron chi connectivity index (χ3n) is 12.5. The highest BCUT2D eigenvalue weighted by molar-refractivity contribution is 6.25. The zero-order chi connectivity index (χ0) is 41.0. The van der Waals surface area contributed by atoms with E-state index in [-0.39, 0.29) is 0 Å². The number of nitrogens with zero attached hydrogens (tertiary/aromatic N) is 1. The molecule has 11 aromatic carbocycles. The molecular weight excluding hydrogens is 751 g/mol. The second-order valence-corrected chi connectivity index (χ2v) is 16.1. The smallest absolute Gasteiger partial charge is 0.143 e. The molecule has 0 aliphatic rings. The predicted molar refractivity (Wildman–Crippen MR) is 263 cm³/mol. The quantitative estimate of drug-likeness (QED) is 0.150. The molecule has 0 saturated carbocycles. The molecule has 62 heavy (non-hydrogen) atoms. The summed E-state index contributed by atoms with van der Waals surface area (Å²) < 4.78 is 6.41. The first-order valence-electron chi connectivity index (χ1n) is 21.2. The van der Waals surface area contributed by atoms with Crippen LogP contribution in [0.1, 0.15) is 0 Å². The Morgan fingerprint density at radius 1 is 0.242 bits per heavy atom. The lowest BCUT2D eigenvalue weighted by Crippen LogP contribution is -2.09. The number of hydrogen-bond donors (Lipinski definition) is 0. The van der Waals surface area contributed by atoms with Gasteiger partial charge in [-0.1, -0.05) is 188 Å². The van der Waals surface area contributed by atoms with E-state index in [4.69, 9.17) is 4.42 Å².